The molecule has 0 atom stereocenters. The van der Waals surface area contributed by atoms with E-state index in [1.807, 2.05) is 31.4 Å². The molecule has 5 nitrogen and oxygen atoms in total. The van der Waals surface area contributed by atoms with Crippen LogP contribution in [-0.2, 0) is 9.84 Å². The van der Waals surface area contributed by atoms with Crippen LogP contribution in [0.25, 0.3) is 10.8 Å². The molecule has 8 heteroatoms. The number of nitrogens with one attached hydrogen (secondary N) is 1. The van der Waals surface area contributed by atoms with Crippen molar-refractivity contribution < 1.29 is 12.8 Å². The Hall–Kier alpha value is -1.64. The molecule has 1 N–H and O–H groups in total. The van der Waals surface area contributed by atoms with Crippen molar-refractivity contribution in [3.8, 4) is 10.8 Å². The lowest BCUT2D eigenvalue weighted by atomic mass is 10.2. The molecule has 0 aliphatic rings. The van der Waals surface area contributed by atoms with E-state index in [0.717, 1.165) is 9.35 Å². The van der Waals surface area contributed by atoms with E-state index in [9.17, 15) is 8.42 Å². The molecule has 0 unspecified atom stereocenters. The fourth-order valence-electron chi connectivity index (χ4n) is 2.13. The summed E-state index contributed by atoms with van der Waals surface area (Å²) < 4.78 is 32.6. The van der Waals surface area contributed by atoms with Gasteiger partial charge in [-0.15, -0.1) is 11.3 Å². The largest absolute Gasteiger partial charge is 0.418 e. The van der Waals surface area contributed by atoms with Gasteiger partial charge in [0.05, 0.1) is 9.77 Å². The van der Waals surface area contributed by atoms with E-state index in [4.69, 9.17) is 4.42 Å². The summed E-state index contributed by atoms with van der Waals surface area (Å²) >= 11 is 4.76. The van der Waals surface area contributed by atoms with Crippen molar-refractivity contribution >= 4 is 43.0 Å². The second kappa shape index (κ2) is 7.31. The van der Waals surface area contributed by atoms with Gasteiger partial charge in [-0.1, -0.05) is 35.8 Å². The van der Waals surface area contributed by atoms with Crippen LogP contribution in [0.4, 0.5) is 5.88 Å². The first-order chi connectivity index (χ1) is 11.9. The Morgan fingerprint density at radius 1 is 1.24 bits per heavy atom. The number of benzene rings is 1. The molecule has 3 aromatic rings. The summed E-state index contributed by atoms with van der Waals surface area (Å²) in [5.41, 5.74) is 0. The van der Waals surface area contributed by atoms with Crippen LogP contribution in [0.3, 0.4) is 0 Å². The van der Waals surface area contributed by atoms with Crippen molar-refractivity contribution in [3.63, 3.8) is 0 Å². The average Bonchev–Trinajstić information content (AvgIpc) is 3.23. The standard InChI is InChI=1S/C17H17BrN2O3S2/c1-11(2)10-19-16-17(20-15(23-16)14-4-3-9-24-14)25(21,22)13-7-5-12(18)6-8-13/h3-9,11,19H,10H2,1-2H3. The molecule has 0 aliphatic carbocycles. The number of aromatic nitrogens is 1. The quantitative estimate of drug-likeness (QED) is 0.579. The predicted octanol–water partition coefficient (Wildman–Crippen LogP) is 5.07. The highest BCUT2D eigenvalue weighted by atomic mass is 79.9. The lowest BCUT2D eigenvalue weighted by Gasteiger charge is -2.08. The zero-order valence-electron chi connectivity index (χ0n) is 13.7. The Morgan fingerprint density at radius 3 is 2.56 bits per heavy atom. The maximum absolute atomic E-state index is 13.0. The molecule has 3 rings (SSSR count). The van der Waals surface area contributed by atoms with E-state index in [0.29, 0.717) is 18.4 Å². The number of hydrogen-bond donors (Lipinski definition) is 1. The zero-order chi connectivity index (χ0) is 18.0. The number of halogens is 1. The molecule has 0 radical (unpaired) electrons. The Morgan fingerprint density at radius 2 is 1.96 bits per heavy atom. The first-order valence-electron chi connectivity index (χ1n) is 7.67. The monoisotopic (exact) mass is 440 g/mol. The minimum absolute atomic E-state index is 0.0844. The molecule has 25 heavy (non-hydrogen) atoms. The SMILES string of the molecule is CC(C)CNc1oc(-c2cccs2)nc1S(=O)(=O)c1ccc(Br)cc1. The van der Waals surface area contributed by atoms with Gasteiger partial charge in [0.15, 0.2) is 0 Å². The third-order valence-electron chi connectivity index (χ3n) is 3.38. The van der Waals surface area contributed by atoms with Gasteiger partial charge in [-0.05, 0) is 41.6 Å². The minimum atomic E-state index is -3.79. The fraction of sp³-hybridized carbons (Fsp3) is 0.235. The maximum Gasteiger partial charge on any atom is 0.240 e. The molecule has 132 valence electrons. The fourth-order valence-corrected chi connectivity index (χ4v) is 4.32. The second-order valence-corrected chi connectivity index (χ2v) is 9.59. The van der Waals surface area contributed by atoms with Crippen LogP contribution in [-0.4, -0.2) is 19.9 Å². The molecule has 0 amide bonds. The number of anilines is 1. The van der Waals surface area contributed by atoms with Crippen LogP contribution < -0.4 is 5.32 Å². The molecule has 2 aromatic heterocycles. The molecule has 0 saturated heterocycles. The van der Waals surface area contributed by atoms with Gasteiger partial charge in [-0.3, -0.25) is 0 Å². The van der Waals surface area contributed by atoms with Gasteiger partial charge >= 0.3 is 0 Å². The first-order valence-corrected chi connectivity index (χ1v) is 10.8. The number of sulfone groups is 1. The van der Waals surface area contributed by atoms with Crippen molar-refractivity contribution in [1.82, 2.24) is 4.98 Å². The number of rotatable bonds is 6. The van der Waals surface area contributed by atoms with E-state index in [2.05, 4.69) is 26.2 Å². The lowest BCUT2D eigenvalue weighted by Crippen LogP contribution is -2.11. The van der Waals surface area contributed by atoms with Gasteiger partial charge in [0.25, 0.3) is 0 Å². The third-order valence-corrected chi connectivity index (χ3v) is 6.44. The average molecular weight is 441 g/mol. The Labute approximate surface area is 159 Å². The van der Waals surface area contributed by atoms with Crippen LogP contribution in [0.15, 0.2) is 60.6 Å². The summed E-state index contributed by atoms with van der Waals surface area (Å²) in [6.07, 6.45) is 0. The summed E-state index contributed by atoms with van der Waals surface area (Å²) in [6, 6.07) is 10.2. The number of nitrogens with zero attached hydrogens (tertiary/aromatic N) is 1. The van der Waals surface area contributed by atoms with Gasteiger partial charge in [0.1, 0.15) is 0 Å². The summed E-state index contributed by atoms with van der Waals surface area (Å²) in [5.74, 6) is 0.815. The van der Waals surface area contributed by atoms with Gasteiger partial charge < -0.3 is 9.73 Å². The summed E-state index contributed by atoms with van der Waals surface area (Å²) in [4.78, 5) is 5.24. The Kier molecular flexibility index (Phi) is 5.31. The number of hydrogen-bond acceptors (Lipinski definition) is 6. The van der Waals surface area contributed by atoms with Crippen molar-refractivity contribution in [2.75, 3.05) is 11.9 Å². The topological polar surface area (TPSA) is 72.2 Å². The summed E-state index contributed by atoms with van der Waals surface area (Å²) in [6.45, 7) is 4.65. The highest BCUT2D eigenvalue weighted by molar-refractivity contribution is 9.10. The second-order valence-electron chi connectivity index (χ2n) is 5.86. The van der Waals surface area contributed by atoms with Crippen molar-refractivity contribution in [1.29, 1.82) is 0 Å². The van der Waals surface area contributed by atoms with Gasteiger partial charge in [-0.2, -0.15) is 4.98 Å². The molecule has 2 heterocycles. The molecular formula is C17H17BrN2O3S2. The molecule has 0 fully saturated rings. The van der Waals surface area contributed by atoms with Crippen LogP contribution in [0, 0.1) is 5.92 Å². The van der Waals surface area contributed by atoms with Crippen LogP contribution in [0.2, 0.25) is 0 Å². The predicted molar refractivity (Wildman–Crippen MR) is 103 cm³/mol. The molecule has 0 bridgehead atoms. The third kappa shape index (κ3) is 3.96. The van der Waals surface area contributed by atoms with E-state index >= 15 is 0 Å². The minimum Gasteiger partial charge on any atom is -0.418 e. The molecule has 0 spiro atoms. The van der Waals surface area contributed by atoms with Crippen molar-refractivity contribution in [2.45, 2.75) is 23.8 Å². The van der Waals surface area contributed by atoms with Crippen molar-refractivity contribution in [2.24, 2.45) is 5.92 Å². The maximum atomic E-state index is 13.0. The van der Waals surface area contributed by atoms with E-state index < -0.39 is 9.84 Å². The highest BCUT2D eigenvalue weighted by Gasteiger charge is 2.28. The number of thiophene rings is 1. The number of oxazole rings is 1. The lowest BCUT2D eigenvalue weighted by molar-refractivity contribution is 0.568. The summed E-state index contributed by atoms with van der Waals surface area (Å²) in [7, 11) is -3.79. The van der Waals surface area contributed by atoms with Gasteiger partial charge in [0.2, 0.25) is 26.6 Å². The molecule has 0 saturated carbocycles. The summed E-state index contributed by atoms with van der Waals surface area (Å²) in [5, 5.41) is 4.88. The van der Waals surface area contributed by atoms with Gasteiger partial charge in [-0.25, -0.2) is 8.42 Å². The van der Waals surface area contributed by atoms with Gasteiger partial charge in [0, 0.05) is 11.0 Å². The highest BCUT2D eigenvalue weighted by Crippen LogP contribution is 2.34. The van der Waals surface area contributed by atoms with E-state index in [1.54, 1.807) is 24.3 Å². The molecule has 1 aromatic carbocycles. The van der Waals surface area contributed by atoms with E-state index in [-0.39, 0.29) is 15.8 Å². The first kappa shape index (κ1) is 18.2. The van der Waals surface area contributed by atoms with Crippen LogP contribution in [0.5, 0.6) is 0 Å². The zero-order valence-corrected chi connectivity index (χ0v) is 16.9. The normalized spacial score (nSPS) is 11.8. The Bertz CT molecular complexity index is 946. The Balaban J connectivity index is 2.07. The van der Waals surface area contributed by atoms with Crippen LogP contribution in [0.1, 0.15) is 13.8 Å². The van der Waals surface area contributed by atoms with E-state index in [1.165, 1.54) is 11.3 Å². The van der Waals surface area contributed by atoms with Crippen molar-refractivity contribution in [3.05, 3.63) is 46.3 Å². The molecule has 0 aliphatic heterocycles. The van der Waals surface area contributed by atoms with Crippen LogP contribution >= 0.6 is 27.3 Å². The smallest absolute Gasteiger partial charge is 0.240 e. The molecular weight excluding hydrogens is 424 g/mol.